The summed E-state index contributed by atoms with van der Waals surface area (Å²) >= 11 is 0. The van der Waals surface area contributed by atoms with E-state index in [1.54, 1.807) is 0 Å². The quantitative estimate of drug-likeness (QED) is 0.659. The Morgan fingerprint density at radius 3 is 2.95 bits per heavy atom. The first-order valence-electron chi connectivity index (χ1n) is 6.78. The monoisotopic (exact) mass is 251 g/mol. The van der Waals surface area contributed by atoms with Gasteiger partial charge in [-0.1, -0.05) is 31.7 Å². The maximum Gasteiger partial charge on any atom is 0.150 e. The average molecular weight is 251 g/mol. The second-order valence-corrected chi connectivity index (χ2v) is 5.57. The predicted molar refractivity (Wildman–Crippen MR) is 77.4 cm³/mol. The standard InChI is InChI=1S/C16H17N3/c1-10-11(2)14-6-4-5-13-7-8-18-9-17-19(12(10)3)16(18)15(13)14/h4-9,11-12,16H,1H2,2-3H3. The lowest BCUT2D eigenvalue weighted by Crippen LogP contribution is -2.35. The Bertz CT molecular complexity index is 629. The largest absolute Gasteiger partial charge is 0.311 e. The highest BCUT2D eigenvalue weighted by Crippen LogP contribution is 2.46. The van der Waals surface area contributed by atoms with E-state index in [1.807, 2.05) is 6.34 Å². The van der Waals surface area contributed by atoms with Crippen LogP contribution >= 0.6 is 0 Å². The van der Waals surface area contributed by atoms with Crippen LogP contribution in [0.5, 0.6) is 0 Å². The van der Waals surface area contributed by atoms with Crippen molar-refractivity contribution in [1.29, 1.82) is 0 Å². The van der Waals surface area contributed by atoms with Crippen molar-refractivity contribution in [2.45, 2.75) is 32.0 Å². The van der Waals surface area contributed by atoms with E-state index in [0.717, 1.165) is 0 Å². The zero-order valence-electron chi connectivity index (χ0n) is 11.2. The minimum absolute atomic E-state index is 0.202. The molecule has 0 N–H and O–H groups in total. The van der Waals surface area contributed by atoms with Gasteiger partial charge in [0.2, 0.25) is 0 Å². The van der Waals surface area contributed by atoms with Gasteiger partial charge in [0.25, 0.3) is 0 Å². The van der Waals surface area contributed by atoms with Gasteiger partial charge in [-0.25, -0.2) is 0 Å². The molecule has 0 saturated carbocycles. The molecular formula is C16H17N3. The van der Waals surface area contributed by atoms with E-state index >= 15 is 0 Å². The molecule has 3 aliphatic heterocycles. The lowest BCUT2D eigenvalue weighted by molar-refractivity contribution is 0.131. The number of hydrogen-bond acceptors (Lipinski definition) is 3. The van der Waals surface area contributed by atoms with Crippen molar-refractivity contribution in [3.63, 3.8) is 0 Å². The van der Waals surface area contributed by atoms with Gasteiger partial charge in [-0.3, -0.25) is 5.01 Å². The van der Waals surface area contributed by atoms with Crippen LogP contribution in [0.15, 0.2) is 41.7 Å². The van der Waals surface area contributed by atoms with Gasteiger partial charge in [0.15, 0.2) is 6.17 Å². The number of nitrogens with zero attached hydrogens (tertiary/aromatic N) is 3. The molecule has 0 saturated heterocycles. The van der Waals surface area contributed by atoms with Crippen LogP contribution in [0.25, 0.3) is 6.08 Å². The molecule has 3 heterocycles. The minimum Gasteiger partial charge on any atom is -0.311 e. The summed E-state index contributed by atoms with van der Waals surface area (Å²) in [5, 5.41) is 6.77. The topological polar surface area (TPSA) is 18.8 Å². The molecule has 1 aromatic carbocycles. The number of hydrazone groups is 1. The molecule has 1 aromatic rings. The summed E-state index contributed by atoms with van der Waals surface area (Å²) in [5.41, 5.74) is 5.33. The third-order valence-electron chi connectivity index (χ3n) is 4.67. The molecule has 0 spiro atoms. The molecule has 3 nitrogen and oxygen atoms in total. The Labute approximate surface area is 113 Å². The van der Waals surface area contributed by atoms with Crippen LogP contribution in [0.1, 0.15) is 42.6 Å². The first kappa shape index (κ1) is 10.9. The summed E-state index contributed by atoms with van der Waals surface area (Å²) in [5.74, 6) is 0.374. The molecule has 19 heavy (non-hydrogen) atoms. The minimum atomic E-state index is 0.202. The molecule has 3 unspecified atom stereocenters. The highest BCUT2D eigenvalue weighted by Gasteiger charge is 2.41. The van der Waals surface area contributed by atoms with Crippen molar-refractivity contribution in [1.82, 2.24) is 9.91 Å². The van der Waals surface area contributed by atoms with Gasteiger partial charge in [0, 0.05) is 17.7 Å². The molecule has 3 atom stereocenters. The lowest BCUT2D eigenvalue weighted by atomic mass is 9.86. The Hall–Kier alpha value is -2.03. The zero-order chi connectivity index (χ0) is 13.1. The highest BCUT2D eigenvalue weighted by molar-refractivity contribution is 5.70. The molecule has 0 bridgehead atoms. The molecule has 3 aliphatic rings. The van der Waals surface area contributed by atoms with E-state index in [9.17, 15) is 0 Å². The highest BCUT2D eigenvalue weighted by atomic mass is 15.6. The van der Waals surface area contributed by atoms with E-state index in [-0.39, 0.29) is 12.2 Å². The van der Waals surface area contributed by atoms with Gasteiger partial charge in [-0.15, -0.1) is 0 Å². The SMILES string of the molecule is C=C1C(C)c2cccc3c2C2N(C=C3)C=NN2C1C. The third kappa shape index (κ3) is 1.25. The van der Waals surface area contributed by atoms with Crippen LogP contribution < -0.4 is 0 Å². The van der Waals surface area contributed by atoms with Gasteiger partial charge in [0.1, 0.15) is 6.34 Å². The van der Waals surface area contributed by atoms with E-state index in [0.29, 0.717) is 5.92 Å². The van der Waals surface area contributed by atoms with Gasteiger partial charge in [-0.05, 0) is 29.7 Å². The molecule has 0 radical (unpaired) electrons. The van der Waals surface area contributed by atoms with E-state index < -0.39 is 0 Å². The number of hydrogen-bond donors (Lipinski definition) is 0. The van der Waals surface area contributed by atoms with Crippen molar-refractivity contribution in [3.8, 4) is 0 Å². The summed E-state index contributed by atoms with van der Waals surface area (Å²) in [7, 11) is 0. The summed E-state index contributed by atoms with van der Waals surface area (Å²) < 4.78 is 0. The maximum absolute atomic E-state index is 4.59. The first-order chi connectivity index (χ1) is 9.18. The van der Waals surface area contributed by atoms with Gasteiger partial charge < -0.3 is 4.90 Å². The normalized spacial score (nSPS) is 30.6. The van der Waals surface area contributed by atoms with Crippen LogP contribution in [0, 0.1) is 0 Å². The van der Waals surface area contributed by atoms with E-state index in [4.69, 9.17) is 0 Å². The Balaban J connectivity index is 2.03. The van der Waals surface area contributed by atoms with Crippen molar-refractivity contribution >= 4 is 12.4 Å². The van der Waals surface area contributed by atoms with Crippen LogP contribution in [0.2, 0.25) is 0 Å². The van der Waals surface area contributed by atoms with Crippen LogP contribution in [0.3, 0.4) is 0 Å². The van der Waals surface area contributed by atoms with Gasteiger partial charge in [-0.2, -0.15) is 5.10 Å². The molecular weight excluding hydrogens is 234 g/mol. The van der Waals surface area contributed by atoms with Crippen molar-refractivity contribution in [2.24, 2.45) is 5.10 Å². The van der Waals surface area contributed by atoms with Crippen molar-refractivity contribution in [2.75, 3.05) is 0 Å². The fourth-order valence-corrected chi connectivity index (χ4v) is 3.42. The molecule has 0 aromatic heterocycles. The maximum atomic E-state index is 4.59. The predicted octanol–water partition coefficient (Wildman–Crippen LogP) is 3.29. The summed E-state index contributed by atoms with van der Waals surface area (Å²) in [6.07, 6.45) is 6.41. The second kappa shape index (κ2) is 3.50. The van der Waals surface area contributed by atoms with Crippen LogP contribution in [0.4, 0.5) is 0 Å². The summed E-state index contributed by atoms with van der Waals surface area (Å²) in [4.78, 5) is 2.19. The Morgan fingerprint density at radius 1 is 1.26 bits per heavy atom. The summed E-state index contributed by atoms with van der Waals surface area (Å²) in [6.45, 7) is 8.77. The average Bonchev–Trinajstić information content (AvgIpc) is 2.85. The first-order valence-corrected chi connectivity index (χ1v) is 6.78. The summed E-state index contributed by atoms with van der Waals surface area (Å²) in [6, 6.07) is 6.83. The fraction of sp³-hybridized carbons (Fsp3) is 0.312. The van der Waals surface area contributed by atoms with Gasteiger partial charge >= 0.3 is 0 Å². The number of benzene rings is 1. The molecule has 3 heteroatoms. The molecule has 96 valence electrons. The molecule has 0 amide bonds. The smallest absolute Gasteiger partial charge is 0.150 e. The molecule has 4 rings (SSSR count). The van der Waals surface area contributed by atoms with Crippen LogP contribution in [-0.4, -0.2) is 22.3 Å². The lowest BCUT2D eigenvalue weighted by Gasteiger charge is -2.34. The van der Waals surface area contributed by atoms with Crippen molar-refractivity contribution in [3.05, 3.63) is 53.2 Å². The third-order valence-corrected chi connectivity index (χ3v) is 4.67. The second-order valence-electron chi connectivity index (χ2n) is 5.57. The zero-order valence-corrected chi connectivity index (χ0v) is 11.2. The Kier molecular flexibility index (Phi) is 2.00. The molecule has 0 aliphatic carbocycles. The molecule has 0 fully saturated rings. The van der Waals surface area contributed by atoms with E-state index in [1.165, 1.54) is 22.3 Å². The van der Waals surface area contributed by atoms with E-state index in [2.05, 4.69) is 65.9 Å². The van der Waals surface area contributed by atoms with Crippen molar-refractivity contribution < 1.29 is 0 Å². The number of rotatable bonds is 0. The van der Waals surface area contributed by atoms with Crippen LogP contribution in [-0.2, 0) is 0 Å². The Morgan fingerprint density at radius 2 is 2.11 bits per heavy atom. The van der Waals surface area contributed by atoms with Gasteiger partial charge in [0.05, 0.1) is 6.04 Å². The fourth-order valence-electron chi connectivity index (χ4n) is 3.42.